The predicted molar refractivity (Wildman–Crippen MR) is 146 cm³/mol. The van der Waals surface area contributed by atoms with E-state index in [4.69, 9.17) is 9.15 Å². The number of aryl methyl sites for hydroxylation is 1. The second kappa shape index (κ2) is 10.9. The number of benzene rings is 1. The van der Waals surface area contributed by atoms with E-state index in [2.05, 4.69) is 20.0 Å². The Labute approximate surface area is 230 Å². The van der Waals surface area contributed by atoms with Crippen molar-refractivity contribution in [1.29, 1.82) is 0 Å². The van der Waals surface area contributed by atoms with Gasteiger partial charge in [-0.05, 0) is 36.4 Å². The highest BCUT2D eigenvalue weighted by atomic mass is 32.2. The van der Waals surface area contributed by atoms with Gasteiger partial charge in [-0.3, -0.25) is 14.3 Å². The highest BCUT2D eigenvalue weighted by molar-refractivity contribution is 7.86. The van der Waals surface area contributed by atoms with Crippen molar-refractivity contribution < 1.29 is 17.6 Å². The summed E-state index contributed by atoms with van der Waals surface area (Å²) in [5.41, 5.74) is -0.394. The molecule has 2 aromatic rings. The molecule has 4 heterocycles. The lowest BCUT2D eigenvalue weighted by molar-refractivity contribution is 0.156. The monoisotopic (exact) mass is 570 g/mol. The fraction of sp³-hybridized carbons (Fsp3) is 0.400. The number of aromatic nitrogens is 5. The Bertz CT molecular complexity index is 1700. The Hall–Kier alpha value is -3.92. The molecule has 0 atom stereocenters. The zero-order chi connectivity index (χ0) is 28.6. The zero-order valence-corrected chi connectivity index (χ0v) is 23.5. The molecule has 0 spiro atoms. The minimum absolute atomic E-state index is 0.0227. The van der Waals surface area contributed by atoms with E-state index in [0.717, 1.165) is 10.1 Å². The van der Waals surface area contributed by atoms with E-state index in [0.29, 0.717) is 56.6 Å². The second-order valence-electron chi connectivity index (χ2n) is 9.56. The molecule has 1 aromatic carbocycles. The van der Waals surface area contributed by atoms with Crippen LogP contribution in [0.15, 0.2) is 50.4 Å². The van der Waals surface area contributed by atoms with Crippen LogP contribution in [-0.4, -0.2) is 99.7 Å². The lowest BCUT2D eigenvalue weighted by atomic mass is 10.2. The van der Waals surface area contributed by atoms with Gasteiger partial charge in [0.05, 0.1) is 0 Å². The smallest absolute Gasteiger partial charge is 0.352 e. The summed E-state index contributed by atoms with van der Waals surface area (Å²) in [6, 6.07) is 10.9. The summed E-state index contributed by atoms with van der Waals surface area (Å²) >= 11 is 0. The molecule has 212 valence electrons. The summed E-state index contributed by atoms with van der Waals surface area (Å²) in [7, 11) is 2.63. The fourth-order valence-corrected chi connectivity index (χ4v) is 5.43. The van der Waals surface area contributed by atoms with Gasteiger partial charge in [0.15, 0.2) is 17.3 Å². The summed E-state index contributed by atoms with van der Waals surface area (Å²) in [5, 5.41) is 4.30. The molecule has 3 aliphatic heterocycles. The summed E-state index contributed by atoms with van der Waals surface area (Å²) in [6.45, 7) is 3.38. The van der Waals surface area contributed by atoms with Gasteiger partial charge in [0.1, 0.15) is 18.1 Å². The molecule has 0 radical (unpaired) electrons. The highest BCUT2D eigenvalue weighted by Crippen LogP contribution is 2.28. The maximum absolute atomic E-state index is 12.5. The maximum Gasteiger partial charge on any atom is 0.352 e. The largest absolute Gasteiger partial charge is 0.492 e. The number of ether oxygens (including phenoxy) is 1. The Morgan fingerprint density at radius 2 is 1.62 bits per heavy atom. The van der Waals surface area contributed by atoms with E-state index in [9.17, 15) is 18.0 Å². The Balaban J connectivity index is 1.20. The van der Waals surface area contributed by atoms with Gasteiger partial charge in [0.25, 0.3) is 15.8 Å². The third-order valence-electron chi connectivity index (χ3n) is 6.74. The summed E-state index contributed by atoms with van der Waals surface area (Å²) in [5.74, 6) is 1.94. The average molecular weight is 571 g/mol. The number of hydrogen-bond acceptors (Lipinski definition) is 10. The van der Waals surface area contributed by atoms with E-state index in [-0.39, 0.29) is 17.3 Å². The van der Waals surface area contributed by atoms with Crippen LogP contribution in [0.25, 0.3) is 34.4 Å². The fourth-order valence-electron chi connectivity index (χ4n) is 4.34. The molecule has 3 aliphatic rings. The van der Waals surface area contributed by atoms with Crippen molar-refractivity contribution in [3.8, 4) is 40.2 Å². The molecule has 1 fully saturated rings. The summed E-state index contributed by atoms with van der Waals surface area (Å²) in [4.78, 5) is 34.8. The average Bonchev–Trinajstić information content (AvgIpc) is 3.43. The second-order valence-corrected chi connectivity index (χ2v) is 11.7. The van der Waals surface area contributed by atoms with Crippen molar-refractivity contribution >= 4 is 10.2 Å². The first-order valence-electron chi connectivity index (χ1n) is 12.6. The molecule has 0 amide bonds. The van der Waals surface area contributed by atoms with Crippen LogP contribution >= 0.6 is 0 Å². The Morgan fingerprint density at radius 1 is 0.950 bits per heavy atom. The van der Waals surface area contributed by atoms with Crippen LogP contribution in [0.2, 0.25) is 0 Å². The third kappa shape index (κ3) is 5.40. The van der Waals surface area contributed by atoms with Gasteiger partial charge in [-0.15, -0.1) is 5.10 Å². The molecular formula is C25H30N8O6S. The molecule has 40 heavy (non-hydrogen) atoms. The number of rotatable bonds is 8. The number of furan rings is 1. The van der Waals surface area contributed by atoms with Gasteiger partial charge in [-0.1, -0.05) is 0 Å². The van der Waals surface area contributed by atoms with Crippen molar-refractivity contribution in [3.63, 3.8) is 0 Å². The zero-order valence-electron chi connectivity index (χ0n) is 22.6. The molecular weight excluding hydrogens is 540 g/mol. The van der Waals surface area contributed by atoms with Crippen LogP contribution in [-0.2, 0) is 24.3 Å². The van der Waals surface area contributed by atoms with Crippen LogP contribution in [0.4, 0.5) is 0 Å². The first-order valence-corrected chi connectivity index (χ1v) is 14.0. The minimum atomic E-state index is -3.38. The molecule has 1 aromatic heterocycles. The number of fused-ring (bicyclic) bond motifs is 1. The molecule has 0 N–H and O–H groups in total. The quantitative estimate of drug-likeness (QED) is 0.286. The first-order chi connectivity index (χ1) is 19.0. The van der Waals surface area contributed by atoms with Gasteiger partial charge in [-0.2, -0.15) is 22.0 Å². The van der Waals surface area contributed by atoms with Crippen LogP contribution < -0.4 is 16.0 Å². The molecule has 14 nitrogen and oxygen atoms in total. The van der Waals surface area contributed by atoms with E-state index in [1.54, 1.807) is 33.3 Å². The molecule has 0 saturated carbocycles. The van der Waals surface area contributed by atoms with Gasteiger partial charge >= 0.3 is 5.69 Å². The van der Waals surface area contributed by atoms with Crippen molar-refractivity contribution in [2.24, 2.45) is 14.1 Å². The lowest BCUT2D eigenvalue weighted by Crippen LogP contribution is -2.52. The van der Waals surface area contributed by atoms with Gasteiger partial charge in [-0.25, -0.2) is 14.5 Å². The molecule has 1 saturated heterocycles. The molecule has 15 heteroatoms. The molecule has 0 bridgehead atoms. The third-order valence-corrected chi connectivity index (χ3v) is 8.68. The molecule has 0 aliphatic carbocycles. The standard InChI is InChI=1S/C25H30N8O6S/c1-29(2)40(36,37)33-13-11-32(12-14-33)15-16-38-18-7-5-17(6-8-18)19-9-10-20(39-19)22-26-21-23(31(4)28-22)27-25(35)30(3)24(21)34/h5-10H,11-16H2,1-4H3. The van der Waals surface area contributed by atoms with E-state index in [1.807, 2.05) is 24.3 Å². The van der Waals surface area contributed by atoms with Gasteiger partial charge < -0.3 is 9.15 Å². The SMILES string of the molecule is CN(C)S(=O)(=O)N1CCN(CCOc2ccc(-c3ccc(-c4nc5c(=O)n(C)c(=O)nc-5n(C)n4)o3)cc2)CC1. The normalized spacial score (nSPS) is 15.2. The van der Waals surface area contributed by atoms with Crippen LogP contribution in [0.3, 0.4) is 0 Å². The van der Waals surface area contributed by atoms with Gasteiger partial charge in [0.2, 0.25) is 5.82 Å². The molecule has 0 unspecified atom stereocenters. The van der Waals surface area contributed by atoms with E-state index >= 15 is 0 Å². The van der Waals surface area contributed by atoms with Crippen molar-refractivity contribution in [3.05, 3.63) is 57.2 Å². The topological polar surface area (TPSA) is 149 Å². The molecule has 5 rings (SSSR count). The van der Waals surface area contributed by atoms with E-state index in [1.165, 1.54) is 20.3 Å². The van der Waals surface area contributed by atoms with Gasteiger partial charge in [0, 0.05) is 66.5 Å². The maximum atomic E-state index is 12.5. The van der Waals surface area contributed by atoms with Crippen LogP contribution in [0, 0.1) is 0 Å². The van der Waals surface area contributed by atoms with Crippen LogP contribution in [0.5, 0.6) is 5.75 Å². The van der Waals surface area contributed by atoms with Crippen molar-refractivity contribution in [2.75, 3.05) is 53.4 Å². The number of nitrogens with zero attached hydrogens (tertiary/aromatic N) is 8. The van der Waals surface area contributed by atoms with E-state index < -0.39 is 21.5 Å². The first kappa shape index (κ1) is 27.6. The van der Waals surface area contributed by atoms with Crippen molar-refractivity contribution in [1.82, 2.24) is 37.8 Å². The summed E-state index contributed by atoms with van der Waals surface area (Å²) in [6.07, 6.45) is 0. The predicted octanol–water partition coefficient (Wildman–Crippen LogP) is 0.104. The number of piperazine rings is 1. The summed E-state index contributed by atoms with van der Waals surface area (Å²) < 4.78 is 41.4. The number of hydrogen-bond donors (Lipinski definition) is 0. The Morgan fingerprint density at radius 3 is 2.30 bits per heavy atom. The lowest BCUT2D eigenvalue weighted by Gasteiger charge is -2.34. The minimum Gasteiger partial charge on any atom is -0.492 e. The van der Waals surface area contributed by atoms with Crippen LogP contribution in [0.1, 0.15) is 0 Å². The Kier molecular flexibility index (Phi) is 7.55. The van der Waals surface area contributed by atoms with Crippen molar-refractivity contribution in [2.45, 2.75) is 0 Å². The highest BCUT2D eigenvalue weighted by Gasteiger charge is 2.28.